The van der Waals surface area contributed by atoms with Crippen LogP contribution in [0, 0.1) is 0 Å². The van der Waals surface area contributed by atoms with Gasteiger partial charge in [0, 0.05) is 13.1 Å². The fourth-order valence-electron chi connectivity index (χ4n) is 2.87. The largest absolute Gasteiger partial charge is 0.389 e. The van der Waals surface area contributed by atoms with Crippen molar-refractivity contribution >= 4 is 0 Å². The van der Waals surface area contributed by atoms with Crippen LogP contribution >= 0.6 is 0 Å². The Labute approximate surface area is 100 Å². The molecule has 0 amide bonds. The Balaban J connectivity index is 1.75. The number of hydrogen-bond donors (Lipinski definition) is 2. The van der Waals surface area contributed by atoms with E-state index < -0.39 is 12.2 Å². The standard InChI is InChI=1S/C13H17NO3/c15-10-7-14(6-9-4-2-1-3-5-9)12-11(16)8-17-13(10)12/h1-5,10-13,15-16H,6-8H2/t10-,11-,12+,13+/m0/s1. The predicted octanol–water partition coefficient (Wildman–Crippen LogP) is -0.00860. The summed E-state index contributed by atoms with van der Waals surface area (Å²) in [5.41, 5.74) is 1.19. The van der Waals surface area contributed by atoms with Crippen molar-refractivity contribution in [3.05, 3.63) is 35.9 Å². The highest BCUT2D eigenvalue weighted by Crippen LogP contribution is 2.30. The maximum absolute atomic E-state index is 9.89. The summed E-state index contributed by atoms with van der Waals surface area (Å²) < 4.78 is 5.43. The number of β-amino-alcohol motifs (C(OH)–C–C–N with tert-alkyl or cyclic N) is 1. The molecule has 0 radical (unpaired) electrons. The lowest BCUT2D eigenvalue weighted by atomic mass is 10.1. The van der Waals surface area contributed by atoms with Gasteiger partial charge in [-0.15, -0.1) is 0 Å². The van der Waals surface area contributed by atoms with Crippen LogP contribution in [0.3, 0.4) is 0 Å². The minimum atomic E-state index is -0.485. The third-order valence-electron chi connectivity index (χ3n) is 3.64. The van der Waals surface area contributed by atoms with E-state index in [0.717, 1.165) is 6.54 Å². The van der Waals surface area contributed by atoms with E-state index >= 15 is 0 Å². The molecular formula is C13H17NO3. The van der Waals surface area contributed by atoms with Gasteiger partial charge in [0.2, 0.25) is 0 Å². The summed E-state index contributed by atoms with van der Waals surface area (Å²) in [6, 6.07) is 10.0. The third-order valence-corrected chi connectivity index (χ3v) is 3.64. The lowest BCUT2D eigenvalue weighted by molar-refractivity contribution is 0.0126. The van der Waals surface area contributed by atoms with Crippen LogP contribution in [-0.2, 0) is 11.3 Å². The second-order valence-electron chi connectivity index (χ2n) is 4.84. The summed E-state index contributed by atoms with van der Waals surface area (Å²) in [4.78, 5) is 2.11. The van der Waals surface area contributed by atoms with Gasteiger partial charge in [0.25, 0.3) is 0 Å². The van der Waals surface area contributed by atoms with Crippen LogP contribution in [-0.4, -0.2) is 52.6 Å². The molecule has 0 spiro atoms. The van der Waals surface area contributed by atoms with Crippen LogP contribution in [0.25, 0.3) is 0 Å². The molecule has 4 atom stereocenters. The first-order valence-corrected chi connectivity index (χ1v) is 6.01. The quantitative estimate of drug-likeness (QED) is 0.757. The smallest absolute Gasteiger partial charge is 0.103 e. The van der Waals surface area contributed by atoms with Gasteiger partial charge in [-0.1, -0.05) is 30.3 Å². The van der Waals surface area contributed by atoms with Gasteiger partial charge in [-0.05, 0) is 5.56 Å². The number of ether oxygens (including phenoxy) is 1. The molecular weight excluding hydrogens is 218 g/mol. The van der Waals surface area contributed by atoms with Crippen molar-refractivity contribution in [2.75, 3.05) is 13.2 Å². The molecule has 0 aromatic heterocycles. The molecule has 2 N–H and O–H groups in total. The summed E-state index contributed by atoms with van der Waals surface area (Å²) in [6.45, 7) is 1.65. The summed E-state index contributed by atoms with van der Waals surface area (Å²) >= 11 is 0. The van der Waals surface area contributed by atoms with E-state index in [-0.39, 0.29) is 12.1 Å². The molecule has 2 aliphatic heterocycles. The first-order valence-electron chi connectivity index (χ1n) is 6.01. The van der Waals surface area contributed by atoms with Crippen molar-refractivity contribution in [2.45, 2.75) is 30.9 Å². The van der Waals surface area contributed by atoms with E-state index in [0.29, 0.717) is 13.2 Å². The lowest BCUT2D eigenvalue weighted by Crippen LogP contribution is -2.40. The molecule has 2 aliphatic rings. The van der Waals surface area contributed by atoms with E-state index in [2.05, 4.69) is 17.0 Å². The highest BCUT2D eigenvalue weighted by Gasteiger charge is 2.49. The van der Waals surface area contributed by atoms with Gasteiger partial charge >= 0.3 is 0 Å². The van der Waals surface area contributed by atoms with Crippen molar-refractivity contribution < 1.29 is 14.9 Å². The van der Waals surface area contributed by atoms with Crippen LogP contribution in [0.5, 0.6) is 0 Å². The molecule has 2 fully saturated rings. The Kier molecular flexibility index (Phi) is 2.88. The number of fused-ring (bicyclic) bond motifs is 1. The zero-order valence-electron chi connectivity index (χ0n) is 9.57. The van der Waals surface area contributed by atoms with Crippen molar-refractivity contribution in [3.63, 3.8) is 0 Å². The van der Waals surface area contributed by atoms with Crippen LogP contribution in [0.15, 0.2) is 30.3 Å². The zero-order chi connectivity index (χ0) is 11.8. The van der Waals surface area contributed by atoms with Crippen molar-refractivity contribution in [1.82, 2.24) is 4.90 Å². The van der Waals surface area contributed by atoms with E-state index in [1.165, 1.54) is 5.56 Å². The highest BCUT2D eigenvalue weighted by atomic mass is 16.5. The molecule has 4 heteroatoms. The van der Waals surface area contributed by atoms with Gasteiger partial charge in [0.05, 0.1) is 24.9 Å². The molecule has 2 saturated heterocycles. The third kappa shape index (κ3) is 1.98. The van der Waals surface area contributed by atoms with Gasteiger partial charge in [0.15, 0.2) is 0 Å². The SMILES string of the molecule is O[C@H]1CN(Cc2ccccc2)[C@H]2[C@@H]1OC[C@@H]2O. The fourth-order valence-corrected chi connectivity index (χ4v) is 2.87. The molecule has 2 heterocycles. The Bertz CT molecular complexity index is 384. The second-order valence-corrected chi connectivity index (χ2v) is 4.84. The average Bonchev–Trinajstić information content (AvgIpc) is 2.84. The van der Waals surface area contributed by atoms with Gasteiger partial charge in [-0.2, -0.15) is 0 Å². The number of aliphatic hydroxyl groups excluding tert-OH is 2. The molecule has 3 rings (SSSR count). The van der Waals surface area contributed by atoms with E-state index in [1.54, 1.807) is 0 Å². The molecule has 92 valence electrons. The maximum Gasteiger partial charge on any atom is 0.103 e. The Morgan fingerprint density at radius 3 is 2.71 bits per heavy atom. The number of nitrogens with zero attached hydrogens (tertiary/aromatic N) is 1. The molecule has 0 aliphatic carbocycles. The van der Waals surface area contributed by atoms with Crippen LogP contribution in [0.4, 0.5) is 0 Å². The van der Waals surface area contributed by atoms with Gasteiger partial charge in [-0.3, -0.25) is 4.90 Å². The fraction of sp³-hybridized carbons (Fsp3) is 0.538. The second kappa shape index (κ2) is 4.38. The summed E-state index contributed by atoms with van der Waals surface area (Å²) in [6.07, 6.45) is -1.20. The van der Waals surface area contributed by atoms with Gasteiger partial charge in [-0.25, -0.2) is 0 Å². The Morgan fingerprint density at radius 1 is 1.18 bits per heavy atom. The number of aliphatic hydroxyl groups is 2. The molecule has 0 saturated carbocycles. The van der Waals surface area contributed by atoms with Crippen molar-refractivity contribution in [1.29, 1.82) is 0 Å². The van der Waals surface area contributed by atoms with E-state index in [1.807, 2.05) is 18.2 Å². The predicted molar refractivity (Wildman–Crippen MR) is 62.4 cm³/mol. The minimum absolute atomic E-state index is 0.0646. The minimum Gasteiger partial charge on any atom is -0.389 e. The number of rotatable bonds is 2. The van der Waals surface area contributed by atoms with Gasteiger partial charge < -0.3 is 14.9 Å². The molecule has 0 unspecified atom stereocenters. The molecule has 4 nitrogen and oxygen atoms in total. The van der Waals surface area contributed by atoms with Gasteiger partial charge in [0.1, 0.15) is 6.10 Å². The highest BCUT2D eigenvalue weighted by molar-refractivity contribution is 5.16. The average molecular weight is 235 g/mol. The van der Waals surface area contributed by atoms with Crippen molar-refractivity contribution in [2.24, 2.45) is 0 Å². The summed E-state index contributed by atoms with van der Waals surface area (Å²) in [5, 5.41) is 19.8. The summed E-state index contributed by atoms with van der Waals surface area (Å²) in [7, 11) is 0. The monoisotopic (exact) mass is 235 g/mol. The zero-order valence-corrected chi connectivity index (χ0v) is 9.57. The normalized spacial score (nSPS) is 37.3. The van der Waals surface area contributed by atoms with E-state index in [4.69, 9.17) is 4.74 Å². The number of hydrogen-bond acceptors (Lipinski definition) is 4. The number of likely N-dealkylation sites (tertiary alicyclic amines) is 1. The van der Waals surface area contributed by atoms with Crippen molar-refractivity contribution in [3.8, 4) is 0 Å². The molecule has 0 bridgehead atoms. The first-order chi connectivity index (χ1) is 8.25. The topological polar surface area (TPSA) is 52.9 Å². The van der Waals surface area contributed by atoms with Crippen LogP contribution < -0.4 is 0 Å². The molecule has 1 aromatic rings. The number of benzene rings is 1. The Hall–Kier alpha value is -0.940. The molecule has 17 heavy (non-hydrogen) atoms. The summed E-state index contributed by atoms with van der Waals surface area (Å²) in [5.74, 6) is 0. The van der Waals surface area contributed by atoms with Crippen LogP contribution in [0.1, 0.15) is 5.56 Å². The lowest BCUT2D eigenvalue weighted by Gasteiger charge is -2.24. The van der Waals surface area contributed by atoms with Crippen LogP contribution in [0.2, 0.25) is 0 Å². The maximum atomic E-state index is 9.89. The first kappa shape index (κ1) is 11.2. The van der Waals surface area contributed by atoms with E-state index in [9.17, 15) is 10.2 Å². The Morgan fingerprint density at radius 2 is 1.94 bits per heavy atom. The molecule has 1 aromatic carbocycles.